The van der Waals surface area contributed by atoms with Crippen molar-refractivity contribution in [1.82, 2.24) is 9.55 Å². The number of benzene rings is 1. The van der Waals surface area contributed by atoms with E-state index in [1.165, 1.54) is 12.4 Å². The Balaban J connectivity index is 2.00. The van der Waals surface area contributed by atoms with E-state index in [0.717, 1.165) is 40.5 Å². The number of nitriles is 1. The fraction of sp³-hybridized carbons (Fsp3) is 0.409. The number of hydrogen-bond donors (Lipinski definition) is 2. The molecular weight excluding hydrogens is 352 g/mol. The highest BCUT2D eigenvalue weighted by molar-refractivity contribution is 6.03. The van der Waals surface area contributed by atoms with Gasteiger partial charge >= 0.3 is 0 Å². The van der Waals surface area contributed by atoms with Crippen molar-refractivity contribution in [3.8, 4) is 6.19 Å². The Morgan fingerprint density at radius 2 is 2.14 bits per heavy atom. The number of amides is 1. The lowest BCUT2D eigenvalue weighted by Crippen LogP contribution is -2.20. The van der Waals surface area contributed by atoms with Gasteiger partial charge in [-0.25, -0.2) is 9.55 Å². The number of aliphatic hydroxyl groups is 1. The van der Waals surface area contributed by atoms with E-state index in [1.807, 2.05) is 18.3 Å². The molecule has 6 heteroatoms. The normalized spacial score (nSPS) is 16.2. The van der Waals surface area contributed by atoms with E-state index in [0.29, 0.717) is 5.69 Å². The number of nitrogens with zero attached hydrogens (tertiary/aromatic N) is 3. The van der Waals surface area contributed by atoms with Crippen LogP contribution in [0.5, 0.6) is 0 Å². The van der Waals surface area contributed by atoms with Gasteiger partial charge in [-0.15, -0.1) is 0 Å². The first kappa shape index (κ1) is 19.8. The summed E-state index contributed by atoms with van der Waals surface area (Å²) in [4.78, 5) is 16.6. The molecule has 3 rings (SSSR count). The standard InChI is InChI=1S/C22H26N4O2/c1-21(2)9-7-15(8-10-21)17-13-16(22(3,4)28)5-6-18(17)25-20(27)19-24-11-12-26(19)14-23/h5-7,11-13,28H,8-10H2,1-4H3,(H,25,27). The number of carbonyl (C=O) groups is 1. The van der Waals surface area contributed by atoms with Crippen LogP contribution in [0, 0.1) is 16.9 Å². The quantitative estimate of drug-likeness (QED) is 0.830. The van der Waals surface area contributed by atoms with Crippen LogP contribution in [0.2, 0.25) is 0 Å². The minimum Gasteiger partial charge on any atom is -0.386 e. The van der Waals surface area contributed by atoms with Crippen molar-refractivity contribution < 1.29 is 9.90 Å². The molecule has 0 fully saturated rings. The summed E-state index contributed by atoms with van der Waals surface area (Å²) >= 11 is 0. The second-order valence-corrected chi connectivity index (χ2v) is 8.59. The molecule has 1 amide bonds. The molecule has 1 aliphatic rings. The van der Waals surface area contributed by atoms with E-state index in [4.69, 9.17) is 5.26 Å². The molecule has 6 nitrogen and oxygen atoms in total. The molecule has 0 unspecified atom stereocenters. The monoisotopic (exact) mass is 378 g/mol. The zero-order valence-electron chi connectivity index (χ0n) is 16.8. The molecule has 1 aromatic carbocycles. The first-order chi connectivity index (χ1) is 13.1. The van der Waals surface area contributed by atoms with Gasteiger partial charge in [-0.3, -0.25) is 4.79 Å². The Hall–Kier alpha value is -2.91. The van der Waals surface area contributed by atoms with Gasteiger partial charge in [-0.2, -0.15) is 5.26 Å². The van der Waals surface area contributed by atoms with Crippen LogP contribution in [0.15, 0.2) is 36.7 Å². The van der Waals surface area contributed by atoms with Gasteiger partial charge < -0.3 is 10.4 Å². The molecule has 28 heavy (non-hydrogen) atoms. The van der Waals surface area contributed by atoms with Gasteiger partial charge in [0.15, 0.2) is 6.19 Å². The minimum absolute atomic E-state index is 0.0405. The second-order valence-electron chi connectivity index (χ2n) is 8.59. The average molecular weight is 378 g/mol. The first-order valence-corrected chi connectivity index (χ1v) is 9.42. The van der Waals surface area contributed by atoms with E-state index in [9.17, 15) is 9.90 Å². The van der Waals surface area contributed by atoms with Crippen molar-refractivity contribution in [2.75, 3.05) is 5.32 Å². The maximum Gasteiger partial charge on any atom is 0.292 e. The van der Waals surface area contributed by atoms with Crippen LogP contribution < -0.4 is 5.32 Å². The van der Waals surface area contributed by atoms with Crippen LogP contribution in [0.4, 0.5) is 5.69 Å². The largest absolute Gasteiger partial charge is 0.386 e. The number of anilines is 1. The third-order valence-corrected chi connectivity index (χ3v) is 5.24. The molecule has 0 saturated carbocycles. The third kappa shape index (κ3) is 4.15. The van der Waals surface area contributed by atoms with Crippen LogP contribution in [-0.2, 0) is 5.60 Å². The Kier molecular flexibility index (Phi) is 5.14. The maximum absolute atomic E-state index is 12.7. The van der Waals surface area contributed by atoms with Crippen LogP contribution in [0.1, 0.15) is 68.7 Å². The highest BCUT2D eigenvalue weighted by Gasteiger charge is 2.25. The van der Waals surface area contributed by atoms with Crippen molar-refractivity contribution in [1.29, 1.82) is 5.26 Å². The smallest absolute Gasteiger partial charge is 0.292 e. The molecule has 0 saturated heterocycles. The van der Waals surface area contributed by atoms with Gasteiger partial charge in [0.1, 0.15) is 0 Å². The van der Waals surface area contributed by atoms with Crippen LogP contribution in [-0.4, -0.2) is 20.6 Å². The molecule has 0 radical (unpaired) electrons. The van der Waals surface area contributed by atoms with Gasteiger partial charge in [-0.05, 0) is 61.8 Å². The summed E-state index contributed by atoms with van der Waals surface area (Å²) in [5, 5.41) is 22.4. The van der Waals surface area contributed by atoms with Gasteiger partial charge in [0.05, 0.1) is 5.60 Å². The molecular formula is C22H26N4O2. The van der Waals surface area contributed by atoms with Crippen molar-refractivity contribution in [3.63, 3.8) is 0 Å². The highest BCUT2D eigenvalue weighted by Crippen LogP contribution is 2.40. The number of imidazole rings is 1. The van der Waals surface area contributed by atoms with E-state index in [2.05, 4.69) is 30.2 Å². The van der Waals surface area contributed by atoms with Crippen molar-refractivity contribution in [3.05, 3.63) is 53.6 Å². The van der Waals surface area contributed by atoms with E-state index < -0.39 is 11.5 Å². The Labute approximate surface area is 165 Å². The Morgan fingerprint density at radius 1 is 1.39 bits per heavy atom. The number of hydrogen-bond acceptors (Lipinski definition) is 4. The lowest BCUT2D eigenvalue weighted by molar-refractivity contribution is 0.0786. The molecule has 2 aromatic rings. The fourth-order valence-electron chi connectivity index (χ4n) is 3.35. The van der Waals surface area contributed by atoms with E-state index in [1.54, 1.807) is 19.9 Å². The minimum atomic E-state index is -0.983. The predicted octanol–water partition coefficient (Wildman–Crippen LogP) is 4.29. The molecule has 1 aromatic heterocycles. The highest BCUT2D eigenvalue weighted by atomic mass is 16.3. The average Bonchev–Trinajstić information content (AvgIpc) is 3.10. The van der Waals surface area contributed by atoms with Crippen LogP contribution >= 0.6 is 0 Å². The Bertz CT molecular complexity index is 971. The summed E-state index contributed by atoms with van der Waals surface area (Å²) in [5.74, 6) is -0.403. The maximum atomic E-state index is 12.7. The topological polar surface area (TPSA) is 90.9 Å². The van der Waals surface area contributed by atoms with Gasteiger partial charge in [0, 0.05) is 23.6 Å². The van der Waals surface area contributed by atoms with Gasteiger partial charge in [0.25, 0.3) is 5.91 Å². The predicted molar refractivity (Wildman–Crippen MR) is 108 cm³/mol. The van der Waals surface area contributed by atoms with Crippen LogP contribution in [0.25, 0.3) is 5.57 Å². The zero-order valence-corrected chi connectivity index (χ0v) is 16.8. The first-order valence-electron chi connectivity index (χ1n) is 9.42. The lowest BCUT2D eigenvalue weighted by atomic mass is 9.76. The summed E-state index contributed by atoms with van der Waals surface area (Å²) in [6.07, 6.45) is 9.90. The number of carbonyl (C=O) groups excluding carboxylic acids is 1. The molecule has 146 valence electrons. The molecule has 0 aliphatic heterocycles. The molecule has 0 spiro atoms. The van der Waals surface area contributed by atoms with E-state index in [-0.39, 0.29) is 11.2 Å². The molecule has 1 aliphatic carbocycles. The van der Waals surface area contributed by atoms with Crippen molar-refractivity contribution in [2.24, 2.45) is 5.41 Å². The van der Waals surface area contributed by atoms with Gasteiger partial charge in [-0.1, -0.05) is 26.0 Å². The zero-order chi connectivity index (χ0) is 20.5. The number of allylic oxidation sites excluding steroid dienone is 2. The SMILES string of the molecule is CC1(C)CC=C(c2cc(C(C)(C)O)ccc2NC(=O)c2nccn2C#N)CC1. The number of aromatic nitrogens is 2. The fourth-order valence-corrected chi connectivity index (χ4v) is 3.35. The summed E-state index contributed by atoms with van der Waals surface area (Å²) in [7, 11) is 0. The Morgan fingerprint density at radius 3 is 2.75 bits per heavy atom. The summed E-state index contributed by atoms with van der Waals surface area (Å²) in [6, 6.07) is 5.56. The van der Waals surface area contributed by atoms with E-state index >= 15 is 0 Å². The summed E-state index contributed by atoms with van der Waals surface area (Å²) in [5.41, 5.74) is 2.77. The van der Waals surface area contributed by atoms with Crippen molar-refractivity contribution >= 4 is 17.2 Å². The molecule has 2 N–H and O–H groups in total. The number of rotatable bonds is 4. The lowest BCUT2D eigenvalue weighted by Gasteiger charge is -2.30. The van der Waals surface area contributed by atoms with Gasteiger partial charge in [0.2, 0.25) is 5.82 Å². The molecule has 0 atom stereocenters. The molecule has 1 heterocycles. The molecule has 0 bridgehead atoms. The summed E-state index contributed by atoms with van der Waals surface area (Å²) < 4.78 is 1.13. The second kappa shape index (κ2) is 7.25. The van der Waals surface area contributed by atoms with Crippen molar-refractivity contribution in [2.45, 2.75) is 52.6 Å². The van der Waals surface area contributed by atoms with Crippen LogP contribution in [0.3, 0.4) is 0 Å². The number of nitrogens with one attached hydrogen (secondary N) is 1. The summed E-state index contributed by atoms with van der Waals surface area (Å²) in [6.45, 7) is 7.98. The third-order valence-electron chi connectivity index (χ3n) is 5.24.